The fraction of sp³-hybridized carbons (Fsp3) is 0.400. The molecule has 0 amide bonds. The van der Waals surface area contributed by atoms with Gasteiger partial charge >= 0.3 is 0 Å². The molecule has 0 heterocycles. The van der Waals surface area contributed by atoms with Crippen LogP contribution >= 0.6 is 11.6 Å². The fourth-order valence-corrected chi connectivity index (χ4v) is 2.80. The van der Waals surface area contributed by atoms with Crippen LogP contribution in [0.1, 0.15) is 43.6 Å². The van der Waals surface area contributed by atoms with Gasteiger partial charge < -0.3 is 10.8 Å². The zero-order valence-electron chi connectivity index (χ0n) is 14.6. The van der Waals surface area contributed by atoms with E-state index in [1.54, 1.807) is 36.4 Å². The van der Waals surface area contributed by atoms with Crippen LogP contribution in [-0.2, 0) is 12.3 Å². The van der Waals surface area contributed by atoms with Crippen LogP contribution in [-0.4, -0.2) is 11.1 Å². The van der Waals surface area contributed by atoms with Crippen molar-refractivity contribution in [2.24, 2.45) is 11.1 Å². The molecule has 0 aliphatic carbocycles. The van der Waals surface area contributed by atoms with Crippen molar-refractivity contribution in [3.63, 3.8) is 0 Å². The molecule has 0 aromatic heterocycles. The molecule has 0 fully saturated rings. The second-order valence-electron chi connectivity index (χ2n) is 7.39. The molecule has 0 aliphatic rings. The summed E-state index contributed by atoms with van der Waals surface area (Å²) in [6, 6.07) is 12.5. The largest absolute Gasteiger partial charge is 0.387 e. The molecule has 136 valence electrons. The topological polar surface area (TPSA) is 46.2 Å². The molecule has 0 radical (unpaired) electrons. The standard InChI is InChI=1S/C20H24ClF2NO/c1-19(2,3)20(22,23)15-9-7-13(8-10-15)11-17(24)18(25)14-5-4-6-16(21)12-14/h4-10,12,17-18,25H,11,24H2,1-3H3. The monoisotopic (exact) mass is 367 g/mol. The Bertz CT molecular complexity index is 710. The van der Waals surface area contributed by atoms with Crippen LogP contribution in [0.4, 0.5) is 8.78 Å². The molecule has 5 heteroatoms. The van der Waals surface area contributed by atoms with Gasteiger partial charge in [0.25, 0.3) is 5.92 Å². The van der Waals surface area contributed by atoms with E-state index >= 15 is 0 Å². The molecule has 2 unspecified atom stereocenters. The zero-order valence-corrected chi connectivity index (χ0v) is 15.4. The molecule has 2 aromatic rings. The third-order valence-electron chi connectivity index (χ3n) is 4.33. The minimum absolute atomic E-state index is 0.0206. The molecule has 0 spiro atoms. The van der Waals surface area contributed by atoms with E-state index in [4.69, 9.17) is 17.3 Å². The molecular formula is C20H24ClF2NO. The van der Waals surface area contributed by atoms with E-state index in [1.165, 1.54) is 32.9 Å². The molecule has 2 rings (SSSR count). The first-order valence-corrected chi connectivity index (χ1v) is 8.56. The van der Waals surface area contributed by atoms with Crippen LogP contribution in [0, 0.1) is 5.41 Å². The molecule has 0 saturated carbocycles. The van der Waals surface area contributed by atoms with E-state index in [1.807, 2.05) is 0 Å². The van der Waals surface area contributed by atoms with Crippen molar-refractivity contribution in [1.82, 2.24) is 0 Å². The summed E-state index contributed by atoms with van der Waals surface area (Å²) in [5, 5.41) is 10.9. The molecule has 2 nitrogen and oxygen atoms in total. The lowest BCUT2D eigenvalue weighted by Crippen LogP contribution is -2.32. The highest BCUT2D eigenvalue weighted by molar-refractivity contribution is 6.30. The Morgan fingerprint density at radius 1 is 1.08 bits per heavy atom. The Morgan fingerprint density at radius 3 is 2.20 bits per heavy atom. The number of hydrogen-bond donors (Lipinski definition) is 2. The minimum atomic E-state index is -2.92. The average molecular weight is 368 g/mol. The summed E-state index contributed by atoms with van der Waals surface area (Å²) in [4.78, 5) is 0. The van der Waals surface area contributed by atoms with Crippen molar-refractivity contribution in [1.29, 1.82) is 0 Å². The van der Waals surface area contributed by atoms with Crippen LogP contribution in [0.5, 0.6) is 0 Å². The maximum absolute atomic E-state index is 14.4. The Morgan fingerprint density at radius 2 is 1.68 bits per heavy atom. The van der Waals surface area contributed by atoms with Gasteiger partial charge in [-0.1, -0.05) is 68.8 Å². The van der Waals surface area contributed by atoms with E-state index in [0.717, 1.165) is 5.56 Å². The third-order valence-corrected chi connectivity index (χ3v) is 4.56. The summed E-state index contributed by atoms with van der Waals surface area (Å²) in [5.41, 5.74) is 6.33. The molecule has 2 aromatic carbocycles. The fourth-order valence-electron chi connectivity index (χ4n) is 2.60. The van der Waals surface area contributed by atoms with Crippen LogP contribution in [0.25, 0.3) is 0 Å². The lowest BCUT2D eigenvalue weighted by atomic mass is 9.83. The maximum Gasteiger partial charge on any atom is 0.277 e. The Hall–Kier alpha value is -1.49. The average Bonchev–Trinajstić information content (AvgIpc) is 2.53. The highest BCUT2D eigenvalue weighted by atomic mass is 35.5. The first-order chi connectivity index (χ1) is 11.5. The van der Waals surface area contributed by atoms with Crippen LogP contribution < -0.4 is 5.73 Å². The van der Waals surface area contributed by atoms with Gasteiger partial charge in [0.1, 0.15) is 0 Å². The number of rotatable bonds is 5. The highest BCUT2D eigenvalue weighted by Crippen LogP contribution is 2.44. The summed E-state index contributed by atoms with van der Waals surface area (Å²) in [6.45, 7) is 4.54. The van der Waals surface area contributed by atoms with E-state index in [9.17, 15) is 13.9 Å². The van der Waals surface area contributed by atoms with Gasteiger partial charge in [-0.3, -0.25) is 0 Å². The number of aliphatic hydroxyl groups excluding tert-OH is 1. The van der Waals surface area contributed by atoms with Gasteiger partial charge in [-0.2, -0.15) is 0 Å². The summed E-state index contributed by atoms with van der Waals surface area (Å²) in [6.07, 6.45) is -0.510. The van der Waals surface area contributed by atoms with Gasteiger partial charge in [0, 0.05) is 22.0 Å². The van der Waals surface area contributed by atoms with Gasteiger partial charge in [-0.15, -0.1) is 0 Å². The SMILES string of the molecule is CC(C)(C)C(F)(F)c1ccc(CC(N)C(O)c2cccc(Cl)c2)cc1. The van der Waals surface area contributed by atoms with Crippen molar-refractivity contribution >= 4 is 11.6 Å². The molecule has 25 heavy (non-hydrogen) atoms. The van der Waals surface area contributed by atoms with Gasteiger partial charge in [0.2, 0.25) is 0 Å². The number of halogens is 3. The van der Waals surface area contributed by atoms with Crippen molar-refractivity contribution in [3.05, 3.63) is 70.2 Å². The van der Waals surface area contributed by atoms with Gasteiger partial charge in [-0.05, 0) is 29.7 Å². The Kier molecular flexibility index (Phi) is 5.87. The number of benzene rings is 2. The third kappa shape index (κ3) is 4.57. The molecule has 3 N–H and O–H groups in total. The number of aliphatic hydroxyl groups is 1. The summed E-state index contributed by atoms with van der Waals surface area (Å²) in [7, 11) is 0. The summed E-state index contributed by atoms with van der Waals surface area (Å²) < 4.78 is 28.7. The van der Waals surface area contributed by atoms with Crippen molar-refractivity contribution in [3.8, 4) is 0 Å². The number of alkyl halides is 2. The predicted molar refractivity (Wildman–Crippen MR) is 97.9 cm³/mol. The van der Waals surface area contributed by atoms with E-state index < -0.39 is 23.5 Å². The lowest BCUT2D eigenvalue weighted by molar-refractivity contribution is -0.104. The molecule has 0 saturated heterocycles. The lowest BCUT2D eigenvalue weighted by Gasteiger charge is -2.30. The van der Waals surface area contributed by atoms with Crippen LogP contribution in [0.2, 0.25) is 5.02 Å². The highest BCUT2D eigenvalue weighted by Gasteiger charge is 2.44. The van der Waals surface area contributed by atoms with Crippen molar-refractivity contribution in [2.75, 3.05) is 0 Å². The van der Waals surface area contributed by atoms with Gasteiger partial charge in [0.05, 0.1) is 6.10 Å². The first kappa shape index (κ1) is 19.8. The van der Waals surface area contributed by atoms with Gasteiger partial charge in [0.15, 0.2) is 0 Å². The van der Waals surface area contributed by atoms with Gasteiger partial charge in [-0.25, -0.2) is 8.78 Å². The summed E-state index contributed by atoms with van der Waals surface area (Å²) in [5.74, 6) is -2.92. The summed E-state index contributed by atoms with van der Waals surface area (Å²) >= 11 is 5.93. The van der Waals surface area contributed by atoms with Crippen LogP contribution in [0.3, 0.4) is 0 Å². The molecular weight excluding hydrogens is 344 g/mol. The second-order valence-corrected chi connectivity index (χ2v) is 7.83. The maximum atomic E-state index is 14.4. The van der Waals surface area contributed by atoms with Crippen LogP contribution in [0.15, 0.2) is 48.5 Å². The Labute approximate surface area is 152 Å². The minimum Gasteiger partial charge on any atom is -0.387 e. The molecule has 0 aliphatic heterocycles. The first-order valence-electron chi connectivity index (χ1n) is 8.19. The number of nitrogens with two attached hydrogens (primary N) is 1. The quantitative estimate of drug-likeness (QED) is 0.773. The van der Waals surface area contributed by atoms with E-state index in [-0.39, 0.29) is 5.56 Å². The molecule has 0 bridgehead atoms. The normalized spacial score (nSPS) is 15.0. The Balaban J connectivity index is 2.11. The predicted octanol–water partition coefficient (Wildman–Crippen LogP) is 5.08. The van der Waals surface area contributed by atoms with E-state index in [2.05, 4.69) is 0 Å². The van der Waals surface area contributed by atoms with Crippen molar-refractivity contribution < 1.29 is 13.9 Å². The zero-order chi connectivity index (χ0) is 18.8. The molecule has 2 atom stereocenters. The smallest absolute Gasteiger partial charge is 0.277 e. The second kappa shape index (κ2) is 7.40. The van der Waals surface area contributed by atoms with Crippen molar-refractivity contribution in [2.45, 2.75) is 45.3 Å². The van der Waals surface area contributed by atoms with E-state index in [0.29, 0.717) is 17.0 Å². The number of hydrogen-bond acceptors (Lipinski definition) is 2.